The molecule has 0 aromatic heterocycles. The van der Waals surface area contributed by atoms with Gasteiger partial charge in [-0.15, -0.1) is 0 Å². The van der Waals surface area contributed by atoms with Gasteiger partial charge in [0.25, 0.3) is 0 Å². The van der Waals surface area contributed by atoms with E-state index in [4.69, 9.17) is 0 Å². The molecule has 0 bridgehead atoms. The molecule has 1 N–H and O–H groups in total. The first-order chi connectivity index (χ1) is 9.43. The largest absolute Gasteiger partial charge is 0.416 e. The molecule has 1 aromatic rings. The minimum Gasteiger partial charge on any atom is -0.314 e. The summed E-state index contributed by atoms with van der Waals surface area (Å²) < 4.78 is 52.2. The van der Waals surface area contributed by atoms with Gasteiger partial charge in [0.05, 0.1) is 11.6 Å². The Balaban J connectivity index is 2.32. The van der Waals surface area contributed by atoms with Crippen molar-refractivity contribution in [2.75, 3.05) is 32.9 Å². The lowest BCUT2D eigenvalue weighted by Crippen LogP contribution is -2.45. The lowest BCUT2D eigenvalue weighted by Gasteiger charge is -2.34. The topological polar surface area (TPSA) is 15.3 Å². The predicted molar refractivity (Wildman–Crippen MR) is 72.3 cm³/mol. The maximum atomic E-state index is 13.4. The Morgan fingerprint density at radius 1 is 1.25 bits per heavy atom. The van der Waals surface area contributed by atoms with E-state index in [1.54, 1.807) is 0 Å². The number of hydrogen-bond acceptors (Lipinski definition) is 2. The fourth-order valence-corrected chi connectivity index (χ4v) is 2.86. The molecule has 0 saturated carbocycles. The number of nitrogens with zero attached hydrogens (tertiary/aromatic N) is 1. The Morgan fingerprint density at radius 3 is 2.45 bits per heavy atom. The van der Waals surface area contributed by atoms with Crippen LogP contribution in [0.25, 0.3) is 0 Å². The summed E-state index contributed by atoms with van der Waals surface area (Å²) in [6, 6.07) is 2.73. The van der Waals surface area contributed by atoms with E-state index in [0.29, 0.717) is 36.2 Å². The molecule has 1 saturated heterocycles. The highest BCUT2D eigenvalue weighted by Gasteiger charge is 2.32. The van der Waals surface area contributed by atoms with Crippen LogP contribution in [0.4, 0.5) is 17.6 Å². The molecule has 0 aliphatic carbocycles. The van der Waals surface area contributed by atoms with Gasteiger partial charge in [-0.1, -0.05) is 15.9 Å². The highest BCUT2D eigenvalue weighted by atomic mass is 79.9. The number of benzene rings is 1. The van der Waals surface area contributed by atoms with Gasteiger partial charge in [0.1, 0.15) is 6.67 Å². The van der Waals surface area contributed by atoms with Crippen LogP contribution in [-0.2, 0) is 6.18 Å². The number of alkyl halides is 4. The first kappa shape index (κ1) is 15.7. The van der Waals surface area contributed by atoms with Crippen LogP contribution in [0.2, 0.25) is 0 Å². The van der Waals surface area contributed by atoms with Gasteiger partial charge in [-0.3, -0.25) is 4.90 Å². The van der Waals surface area contributed by atoms with Crippen molar-refractivity contribution in [1.29, 1.82) is 0 Å². The quantitative estimate of drug-likeness (QED) is 0.837. The van der Waals surface area contributed by atoms with Gasteiger partial charge in [-0.25, -0.2) is 4.39 Å². The molecule has 112 valence electrons. The van der Waals surface area contributed by atoms with Crippen LogP contribution < -0.4 is 5.32 Å². The van der Waals surface area contributed by atoms with Crippen molar-refractivity contribution in [2.45, 2.75) is 12.2 Å². The zero-order valence-corrected chi connectivity index (χ0v) is 12.3. The van der Waals surface area contributed by atoms with E-state index in [0.717, 1.165) is 12.1 Å². The van der Waals surface area contributed by atoms with Gasteiger partial charge >= 0.3 is 6.18 Å². The normalized spacial score (nSPS) is 19.1. The maximum Gasteiger partial charge on any atom is 0.416 e. The SMILES string of the molecule is FC[C@H](c1cc(C(F)(F)F)ccc1Br)N1CCNCC1. The molecule has 2 rings (SSSR count). The molecule has 20 heavy (non-hydrogen) atoms. The third-order valence-electron chi connectivity index (χ3n) is 3.42. The van der Waals surface area contributed by atoms with E-state index in [1.807, 2.05) is 4.90 Å². The number of hydrogen-bond donors (Lipinski definition) is 1. The lowest BCUT2D eigenvalue weighted by molar-refractivity contribution is -0.137. The second-order valence-electron chi connectivity index (χ2n) is 4.69. The molecule has 1 atom stereocenters. The lowest BCUT2D eigenvalue weighted by atomic mass is 10.0. The monoisotopic (exact) mass is 354 g/mol. The van der Waals surface area contributed by atoms with E-state index >= 15 is 0 Å². The van der Waals surface area contributed by atoms with Crippen LogP contribution in [0.5, 0.6) is 0 Å². The number of nitrogens with one attached hydrogen (secondary N) is 1. The fraction of sp³-hybridized carbons (Fsp3) is 0.538. The molecule has 1 fully saturated rings. The zero-order chi connectivity index (χ0) is 14.8. The molecular weight excluding hydrogens is 340 g/mol. The Bertz CT molecular complexity index is 458. The van der Waals surface area contributed by atoms with Crippen LogP contribution >= 0.6 is 15.9 Å². The molecule has 1 heterocycles. The smallest absolute Gasteiger partial charge is 0.314 e. The molecule has 0 spiro atoms. The summed E-state index contributed by atoms with van der Waals surface area (Å²) in [5.41, 5.74) is -0.395. The summed E-state index contributed by atoms with van der Waals surface area (Å²) in [7, 11) is 0. The van der Waals surface area contributed by atoms with E-state index in [-0.39, 0.29) is 0 Å². The molecule has 0 unspecified atom stereocenters. The number of halogens is 5. The minimum absolute atomic E-state index is 0.351. The standard InChI is InChI=1S/C13H15BrF4N2/c14-11-2-1-9(13(16,17)18)7-10(11)12(8-15)20-5-3-19-4-6-20/h1-2,7,12,19H,3-6,8H2/t12-/m1/s1. The number of piperazine rings is 1. The highest BCUT2D eigenvalue weighted by molar-refractivity contribution is 9.10. The molecule has 0 amide bonds. The van der Waals surface area contributed by atoms with E-state index < -0.39 is 24.5 Å². The van der Waals surface area contributed by atoms with Crippen molar-refractivity contribution >= 4 is 15.9 Å². The zero-order valence-electron chi connectivity index (χ0n) is 10.7. The predicted octanol–water partition coefficient (Wildman–Crippen LogP) is 3.38. The first-order valence-electron chi connectivity index (χ1n) is 6.31. The summed E-state index contributed by atoms with van der Waals surface area (Å²) >= 11 is 3.23. The summed E-state index contributed by atoms with van der Waals surface area (Å²) in [5, 5.41) is 3.14. The van der Waals surface area contributed by atoms with Crippen molar-refractivity contribution < 1.29 is 17.6 Å². The van der Waals surface area contributed by atoms with Crippen molar-refractivity contribution in [3.63, 3.8) is 0 Å². The minimum atomic E-state index is -4.42. The molecule has 1 aromatic carbocycles. The Kier molecular flexibility index (Phi) is 5.04. The third kappa shape index (κ3) is 3.51. The van der Waals surface area contributed by atoms with Gasteiger partial charge in [0, 0.05) is 30.7 Å². The molecule has 1 aliphatic rings. The van der Waals surface area contributed by atoms with Gasteiger partial charge in [0.15, 0.2) is 0 Å². The van der Waals surface area contributed by atoms with Crippen LogP contribution in [-0.4, -0.2) is 37.8 Å². The second-order valence-corrected chi connectivity index (χ2v) is 5.54. The average molecular weight is 355 g/mol. The van der Waals surface area contributed by atoms with Crippen LogP contribution in [0.3, 0.4) is 0 Å². The van der Waals surface area contributed by atoms with Crippen LogP contribution in [0.15, 0.2) is 22.7 Å². The third-order valence-corrected chi connectivity index (χ3v) is 4.14. The van der Waals surface area contributed by atoms with E-state index in [1.165, 1.54) is 6.07 Å². The van der Waals surface area contributed by atoms with Crippen molar-refractivity contribution in [1.82, 2.24) is 10.2 Å². The Labute approximate surface area is 123 Å². The van der Waals surface area contributed by atoms with Gasteiger partial charge in [0.2, 0.25) is 0 Å². The number of rotatable bonds is 3. The van der Waals surface area contributed by atoms with Crippen molar-refractivity contribution in [2.24, 2.45) is 0 Å². The summed E-state index contributed by atoms with van der Waals surface area (Å²) in [6.45, 7) is 1.97. The summed E-state index contributed by atoms with van der Waals surface area (Å²) in [4.78, 5) is 1.87. The molecule has 7 heteroatoms. The van der Waals surface area contributed by atoms with Crippen LogP contribution in [0.1, 0.15) is 17.2 Å². The van der Waals surface area contributed by atoms with Crippen molar-refractivity contribution in [3.05, 3.63) is 33.8 Å². The molecular formula is C13H15BrF4N2. The molecule has 2 nitrogen and oxygen atoms in total. The Morgan fingerprint density at radius 2 is 1.90 bits per heavy atom. The first-order valence-corrected chi connectivity index (χ1v) is 7.10. The fourth-order valence-electron chi connectivity index (χ4n) is 2.35. The van der Waals surface area contributed by atoms with Gasteiger partial charge in [-0.2, -0.15) is 13.2 Å². The van der Waals surface area contributed by atoms with Gasteiger partial charge in [-0.05, 0) is 23.8 Å². The van der Waals surface area contributed by atoms with Crippen LogP contribution in [0, 0.1) is 0 Å². The summed E-state index contributed by atoms with van der Waals surface area (Å²) in [6.07, 6.45) is -4.42. The summed E-state index contributed by atoms with van der Waals surface area (Å²) in [5.74, 6) is 0. The Hall–Kier alpha value is -0.660. The molecule has 0 radical (unpaired) electrons. The molecule has 1 aliphatic heterocycles. The van der Waals surface area contributed by atoms with Crippen molar-refractivity contribution in [3.8, 4) is 0 Å². The van der Waals surface area contributed by atoms with E-state index in [2.05, 4.69) is 21.2 Å². The highest BCUT2D eigenvalue weighted by Crippen LogP contribution is 2.35. The average Bonchev–Trinajstić information content (AvgIpc) is 2.41. The second kappa shape index (κ2) is 6.41. The van der Waals surface area contributed by atoms with E-state index in [9.17, 15) is 17.6 Å². The maximum absolute atomic E-state index is 13.4. The van der Waals surface area contributed by atoms with Gasteiger partial charge < -0.3 is 5.32 Å².